The second-order valence-electron chi connectivity index (χ2n) is 12.0. The van der Waals surface area contributed by atoms with Crippen molar-refractivity contribution >= 4 is 101 Å². The maximum Gasteiger partial charge on any atom is 1.00 e. The number of phenols is 1. The van der Waals surface area contributed by atoms with Crippen molar-refractivity contribution in [2.45, 2.75) is 34.0 Å². The zero-order valence-electron chi connectivity index (χ0n) is 153. The molecule has 29 heteroatoms. The molecule has 6 aromatic rings. The van der Waals surface area contributed by atoms with Crippen molar-refractivity contribution in [1.82, 2.24) is 39.9 Å². The summed E-state index contributed by atoms with van der Waals surface area (Å²) in [6.45, 7) is 32.6. The van der Waals surface area contributed by atoms with Gasteiger partial charge in [-0.3, -0.25) is 4.79 Å². The molecular weight excluding hydrogens is 1200 g/mol. The van der Waals surface area contributed by atoms with Crippen molar-refractivity contribution in [3.05, 3.63) is 156 Å². The van der Waals surface area contributed by atoms with Gasteiger partial charge in [0.2, 0.25) is 38.6 Å². The Morgan fingerprint density at radius 1 is 0.701 bits per heavy atom. The van der Waals surface area contributed by atoms with Crippen LogP contribution in [0.3, 0.4) is 0 Å². The van der Waals surface area contributed by atoms with Crippen molar-refractivity contribution in [1.29, 1.82) is 0 Å². The normalized spacial score (nSPS) is 17.6. The van der Waals surface area contributed by atoms with Gasteiger partial charge in [0.15, 0.2) is 0 Å². The fourth-order valence-electron chi connectivity index (χ4n) is 4.68. The molecule has 2 aliphatic heterocycles. The fourth-order valence-corrected chi connectivity index (χ4v) is 5.38. The van der Waals surface area contributed by atoms with Crippen LogP contribution in [0.5, 0.6) is 17.5 Å². The molecule has 4 aromatic heterocycles. The van der Waals surface area contributed by atoms with E-state index in [1.165, 1.54) is 30.9 Å². The van der Waals surface area contributed by atoms with Crippen molar-refractivity contribution in [3.8, 4) is 17.5 Å². The van der Waals surface area contributed by atoms with Gasteiger partial charge in [-0.15, -0.1) is 0 Å². The Balaban J connectivity index is -0.0000000156. The van der Waals surface area contributed by atoms with E-state index in [4.69, 9.17) is 279 Å². The molecule has 0 fully saturated rings. The van der Waals surface area contributed by atoms with E-state index in [9.17, 15) is 5.02 Å². The van der Waals surface area contributed by atoms with Crippen LogP contribution in [0, 0.1) is 47.1 Å². The fraction of sp³-hybridized carbons (Fsp3) is 0.132. The molecule has 0 saturated carbocycles. The second kappa shape index (κ2) is 32.7. The maximum atomic E-state index is 9.54. The monoisotopic (exact) mass is 1460 g/mol. The number of aromatic nitrogens is 8. The Bertz CT molecular complexity index is 2840. The van der Waals surface area contributed by atoms with Gasteiger partial charge in [-0.05, 0) is 102 Å². The number of aryl methyl sites for hydroxylation is 3. The van der Waals surface area contributed by atoms with Gasteiger partial charge in [0.05, 0.1) is 45.2 Å². The Hall–Kier alpha value is -3.02. The van der Waals surface area contributed by atoms with Crippen LogP contribution in [0.1, 0.15) is 202 Å². The quantitative estimate of drug-likeness (QED) is 0.0283. The summed E-state index contributed by atoms with van der Waals surface area (Å²) in [7, 11) is -1.68. The van der Waals surface area contributed by atoms with Crippen LogP contribution in [0.15, 0.2) is 61.2 Å². The number of benzene rings is 2. The largest absolute Gasteiger partial charge is 1.00 e. The van der Waals surface area contributed by atoms with Gasteiger partial charge in [-0.1, -0.05) is 23.7 Å². The third-order valence-electron chi connectivity index (χ3n) is 7.77. The minimum Gasteiger partial charge on any atom is -1.00 e. The van der Waals surface area contributed by atoms with E-state index in [2.05, 4.69) is 64.1 Å². The summed E-state index contributed by atoms with van der Waals surface area (Å²) < 4.78 is 596. The van der Waals surface area contributed by atoms with E-state index in [1.807, 2.05) is 0 Å². The zero-order valence-corrected chi connectivity index (χ0v) is 51.2. The molecule has 0 spiro atoms. The third-order valence-corrected chi connectivity index (χ3v) is 8.60. The summed E-state index contributed by atoms with van der Waals surface area (Å²) >= 11 is 21.7. The van der Waals surface area contributed by atoms with E-state index < -0.39 is 14.2 Å². The van der Waals surface area contributed by atoms with Crippen molar-refractivity contribution in [3.63, 3.8) is 0 Å². The molecule has 0 amide bonds. The average molecular weight is 1460 g/mol. The van der Waals surface area contributed by atoms with Gasteiger partial charge in [-0.25, -0.2) is 59.3 Å². The number of rotatable bonds is 3. The van der Waals surface area contributed by atoms with Crippen LogP contribution in [-0.4, -0.2) is 75.7 Å². The van der Waals surface area contributed by atoms with Crippen LogP contribution in [-0.2, 0) is 32.2 Å². The van der Waals surface area contributed by atoms with Gasteiger partial charge in [0.25, 0.3) is 6.47 Å². The first kappa shape index (κ1) is 17.1. The number of hydrogen-bond donors (Lipinski definition) is 3. The molecular formula is C38H144B2Cl4Cs2N12O9. The topological polar surface area (TPSA) is 258 Å². The molecule has 446 valence electrons. The van der Waals surface area contributed by atoms with Crippen LogP contribution >= 0.6 is 46.4 Å². The van der Waals surface area contributed by atoms with Crippen molar-refractivity contribution in [2.75, 3.05) is 0 Å². The van der Waals surface area contributed by atoms with E-state index in [0.717, 1.165) is 22.1 Å². The summed E-state index contributed by atoms with van der Waals surface area (Å²) in [6.07, 6.45) is 5.55. The summed E-state index contributed by atoms with van der Waals surface area (Å²) in [5.74, 6) is 0.776. The molecule has 0 saturated heterocycles. The number of halogens is 4. The van der Waals surface area contributed by atoms with Gasteiger partial charge >= 0.3 is 158 Å². The molecule has 0 atom stereocenters. The molecule has 2 aromatic carbocycles. The Kier molecular flexibility index (Phi) is 8.33. The summed E-state index contributed by atoms with van der Waals surface area (Å²) in [5.41, 5.74) is 6.57. The SMILES string of the molecule is O=CO[O-].OB1OCc2cc(O)ccc21.[2H][2H].[2H][2H].[2H][2H].[2H][2H].[2H][2H].[2H][2H].[2H][2H].[2H][2H].[2H][2H].[2H][2H].[2H][2H].[2H][2H].[2H][2H].[2H][2H].[2H][2H].[2H][2H].[2H][2H].[2H][2H].[2H][2H].[2H][2H].[2H][2H].[2H][2H].[2H][2H].[2H][2H].[2H][2H].[2H][2H].[2H][2H].[2H][2H].[2H][2H].[2H][2H].[2H][2H].[2H][2H].[2H][2H].[2H][2H].[2H][2H].[2H][2H].[2H][2H].[2H][2H].[2H][2H].[2H][2H].[2H][2H].[2H][2H].[2H][2H].[2H][2H].[2H][2H].[2H][2H].[2H][2H].[2H][2H].[2H][2H].[2H][2H].[2H][2H].[2H][2H].[2H][2H].[2H][2H].[2H][2H].[2H][2H].[2H][2H].[2H][2H].[C-]#[N+]c1cnc(Cl)nc1C.[C-]#[N+]c1cnc(Cl)nc1C.[C-]#[N+]c1cnc(Cl)nc1Cl.[C-]#[N+]c1cnc(Oc2ccc3c(c2)COB3O)nc1C.[Cs+].[Cs+].[H-]. The van der Waals surface area contributed by atoms with Gasteiger partial charge in [0.1, 0.15) is 16.7 Å². The second-order valence-corrected chi connectivity index (χ2v) is 13.3. The van der Waals surface area contributed by atoms with E-state index in [0.29, 0.717) is 53.1 Å². The Labute approximate surface area is 701 Å². The van der Waals surface area contributed by atoms with Crippen LogP contribution < -0.4 is 159 Å². The molecule has 0 radical (unpaired) electrons. The Morgan fingerprint density at radius 2 is 1.10 bits per heavy atom. The van der Waals surface area contributed by atoms with Crippen LogP contribution in [0.2, 0.25) is 21.0 Å². The summed E-state index contributed by atoms with van der Waals surface area (Å²) in [4.78, 5) is 54.0. The first-order chi connectivity index (χ1) is 89.1. The first-order valence-electron chi connectivity index (χ1n) is 75.5. The Morgan fingerprint density at radius 3 is 1.52 bits per heavy atom. The van der Waals surface area contributed by atoms with E-state index in [-0.39, 0.29) is 184 Å². The van der Waals surface area contributed by atoms with Gasteiger partial charge < -0.3 is 40.8 Å². The van der Waals surface area contributed by atoms with Gasteiger partial charge in [0, 0.05) is 208 Å². The zero-order chi connectivity index (χ0) is 164. The number of aromatic hydroxyl groups is 1. The maximum absolute atomic E-state index is 9.54. The molecule has 21 nitrogen and oxygen atoms in total. The number of ether oxygens (including phenoxy) is 1. The number of fused-ring (bicyclic) bond motifs is 2. The van der Waals surface area contributed by atoms with Crippen molar-refractivity contribution in [2.24, 2.45) is 0 Å². The number of carbonyl (C=O) groups is 1. The van der Waals surface area contributed by atoms with Crippen LogP contribution in [0.25, 0.3) is 19.4 Å². The molecule has 6 heterocycles. The summed E-state index contributed by atoms with van der Waals surface area (Å²) in [6, 6.07) is 10.3. The molecule has 0 unspecified atom stereocenters. The van der Waals surface area contributed by atoms with E-state index in [1.54, 1.807) is 51.1 Å². The van der Waals surface area contributed by atoms with Gasteiger partial charge in [-0.2, -0.15) is 0 Å². The summed E-state index contributed by atoms with van der Waals surface area (Å²) in [5, 5.41) is 36.7. The molecule has 0 bridgehead atoms. The van der Waals surface area contributed by atoms with Crippen molar-refractivity contribution < 1.29 is 356 Å². The minimum atomic E-state index is -0.865. The predicted molar refractivity (Wildman–Crippen MR) is 358 cm³/mol. The molecule has 0 aliphatic carbocycles. The molecule has 67 heavy (non-hydrogen) atoms. The smallest absolute Gasteiger partial charge is 1.00 e. The molecule has 3 N–H and O–H groups in total. The van der Waals surface area contributed by atoms with Crippen LogP contribution in [0.4, 0.5) is 22.7 Å². The predicted octanol–water partition coefficient (Wildman–Crippen LogP) is 14.1. The first-order valence-corrected chi connectivity index (χ1v) is 19.0. The molecule has 2 aliphatic rings. The number of nitrogens with zero attached hydrogens (tertiary/aromatic N) is 12. The molecule has 8 rings (SSSR count). The standard InChI is InChI=1S/C13H10BN3O3.C7H7BO3.2C6H4ClN3.C5HCl2N3.CH2O3.2Cs.58H2.H/c1-8-12(15-2)6-16-13(17-8)20-10-3-4-11-9(5-10)7-19-14(11)18;9-6-1-2-7-5(3-6)4-11-8(7)10;2*1-4-5(8-2)3-9-6(7)10-4;1-8-3-2-9-5(7)10-4(3)6;2-1-4-3;;;;;;;;;;;;;;;;;;;;;;;;;;;;;;;;;;;;;;;;;;;;;;;;;;;;;;;;;;;;;/h3-6,18H,7H2,1H3;1-3,9-10H,4H2;2*3H,1H3;2H;1,3H;;;58*1H;/q;;;;;;2*+1;;;;;;;;;;;;;;;;;;;;;;;;;;;;;;;;;;;;;;;;;;;;;;;;;;;;;;;;;;;-1/p-1/i;;;;;;;;58*1+1D;. The van der Waals surface area contributed by atoms with E-state index >= 15 is 0 Å². The minimum absolute atomic E-state index is 0. The number of hydrogen-bond acceptors (Lipinski definition) is 17. The number of phenolic OH excluding ortho intramolecular Hbond substituents is 1. The average Bonchev–Trinajstić information content (AvgIpc) is 1.68. The third kappa shape index (κ3) is 20.9. The number of carbonyl (C=O) groups excluding carboxylic acids is 1.